The molecule has 0 aromatic heterocycles. The number of nitro groups is 1. The van der Waals surface area contributed by atoms with Gasteiger partial charge >= 0.3 is 0 Å². The normalized spacial score (nSPS) is 16.0. The predicted octanol–water partition coefficient (Wildman–Crippen LogP) is 2.32. The zero-order valence-electron chi connectivity index (χ0n) is 11.2. The van der Waals surface area contributed by atoms with Gasteiger partial charge in [-0.15, -0.1) is 0 Å². The Kier molecular flexibility index (Phi) is 3.20. The van der Waals surface area contributed by atoms with E-state index in [1.165, 1.54) is 18.2 Å². The van der Waals surface area contributed by atoms with Crippen molar-refractivity contribution in [2.24, 2.45) is 0 Å². The van der Waals surface area contributed by atoms with Crippen molar-refractivity contribution < 1.29 is 9.72 Å². The van der Waals surface area contributed by atoms with Crippen LogP contribution in [0.3, 0.4) is 0 Å². The van der Waals surface area contributed by atoms with Crippen molar-refractivity contribution in [2.45, 2.75) is 6.17 Å². The number of fused-ring (bicyclic) bond motifs is 1. The molecule has 2 aromatic rings. The van der Waals surface area contributed by atoms with Gasteiger partial charge in [-0.05, 0) is 23.8 Å². The number of rotatable bonds is 2. The average Bonchev–Trinajstić information content (AvgIpc) is 2.54. The Hall–Kier alpha value is -3.40. The van der Waals surface area contributed by atoms with Crippen molar-refractivity contribution in [1.82, 2.24) is 5.32 Å². The van der Waals surface area contributed by atoms with Gasteiger partial charge < -0.3 is 10.6 Å². The Morgan fingerprint density at radius 1 is 1.14 bits per heavy atom. The Morgan fingerprint density at radius 2 is 1.86 bits per heavy atom. The van der Waals surface area contributed by atoms with Gasteiger partial charge in [-0.3, -0.25) is 14.9 Å². The fraction of sp³-hybridized carbons (Fsp3) is 0.0667. The zero-order valence-corrected chi connectivity index (χ0v) is 11.2. The Balaban J connectivity index is 1.92. The fourth-order valence-electron chi connectivity index (χ4n) is 2.28. The molecule has 0 spiro atoms. The third-order valence-electron chi connectivity index (χ3n) is 3.41. The lowest BCUT2D eigenvalue weighted by Gasteiger charge is -2.28. The maximum Gasteiger partial charge on any atom is 0.270 e. The van der Waals surface area contributed by atoms with E-state index in [0.717, 1.165) is 5.56 Å². The van der Waals surface area contributed by atoms with Crippen LogP contribution in [0.4, 0.5) is 11.4 Å². The van der Waals surface area contributed by atoms with Gasteiger partial charge in [0.2, 0.25) is 0 Å². The number of benzene rings is 2. The second kappa shape index (κ2) is 5.18. The molecule has 0 saturated heterocycles. The average molecular weight is 294 g/mol. The summed E-state index contributed by atoms with van der Waals surface area (Å²) in [6.45, 7) is 0. The fourth-order valence-corrected chi connectivity index (χ4v) is 2.28. The molecule has 0 aliphatic carbocycles. The number of carbonyl (C=O) groups excluding carboxylic acids is 1. The van der Waals surface area contributed by atoms with Crippen LogP contribution in [-0.2, 0) is 0 Å². The highest BCUT2D eigenvalue weighted by atomic mass is 16.6. The second-order valence-electron chi connectivity index (χ2n) is 4.77. The zero-order chi connectivity index (χ0) is 15.7. The Labute approximate surface area is 125 Å². The van der Waals surface area contributed by atoms with Crippen LogP contribution in [0.15, 0.2) is 42.5 Å². The molecule has 1 aliphatic rings. The molecule has 22 heavy (non-hydrogen) atoms. The van der Waals surface area contributed by atoms with E-state index in [9.17, 15) is 14.9 Å². The standard InChI is InChI=1S/C15H10N4O3/c16-8-9-1-3-10(4-2-9)14-17-13-6-5-11(19(21)22)7-12(13)15(20)18-14/h1-7,14,17H,(H,18,20). The van der Waals surface area contributed by atoms with Crippen LogP contribution in [0.5, 0.6) is 0 Å². The number of anilines is 1. The first-order valence-corrected chi connectivity index (χ1v) is 6.44. The van der Waals surface area contributed by atoms with Crippen LogP contribution in [0.1, 0.15) is 27.7 Å². The molecule has 2 N–H and O–H groups in total. The molecule has 7 nitrogen and oxygen atoms in total. The van der Waals surface area contributed by atoms with Crippen molar-refractivity contribution >= 4 is 17.3 Å². The minimum absolute atomic E-state index is 0.132. The third kappa shape index (κ3) is 2.33. The summed E-state index contributed by atoms with van der Waals surface area (Å²) in [7, 11) is 0. The van der Waals surface area contributed by atoms with Gasteiger partial charge in [-0.2, -0.15) is 5.26 Å². The molecule has 0 fully saturated rings. The molecule has 1 amide bonds. The molecule has 0 saturated carbocycles. The molecule has 1 atom stereocenters. The van der Waals surface area contributed by atoms with Crippen LogP contribution >= 0.6 is 0 Å². The Bertz CT molecular complexity index is 809. The first kappa shape index (κ1) is 13.6. The maximum atomic E-state index is 12.1. The first-order valence-electron chi connectivity index (χ1n) is 6.44. The molecule has 108 valence electrons. The van der Waals surface area contributed by atoms with Gasteiger partial charge in [0.15, 0.2) is 0 Å². The Morgan fingerprint density at radius 3 is 2.50 bits per heavy atom. The van der Waals surface area contributed by atoms with Crippen molar-refractivity contribution in [1.29, 1.82) is 5.26 Å². The number of amides is 1. The van der Waals surface area contributed by atoms with E-state index in [4.69, 9.17) is 5.26 Å². The van der Waals surface area contributed by atoms with E-state index in [-0.39, 0.29) is 17.2 Å². The quantitative estimate of drug-likeness (QED) is 0.652. The van der Waals surface area contributed by atoms with Crippen LogP contribution in [0.2, 0.25) is 0 Å². The van der Waals surface area contributed by atoms with Gasteiger partial charge in [0.25, 0.3) is 11.6 Å². The summed E-state index contributed by atoms with van der Waals surface area (Å²) in [5, 5.41) is 25.4. The van der Waals surface area contributed by atoms with E-state index >= 15 is 0 Å². The van der Waals surface area contributed by atoms with E-state index in [0.29, 0.717) is 11.3 Å². The predicted molar refractivity (Wildman–Crippen MR) is 78.1 cm³/mol. The van der Waals surface area contributed by atoms with E-state index < -0.39 is 11.1 Å². The summed E-state index contributed by atoms with van der Waals surface area (Å²) in [5.74, 6) is -0.383. The van der Waals surface area contributed by atoms with Crippen molar-refractivity contribution in [3.05, 3.63) is 69.3 Å². The van der Waals surface area contributed by atoms with Crippen molar-refractivity contribution in [2.75, 3.05) is 5.32 Å². The number of nitrogens with one attached hydrogen (secondary N) is 2. The summed E-state index contributed by atoms with van der Waals surface area (Å²) in [5.41, 5.74) is 1.95. The minimum Gasteiger partial charge on any atom is -0.361 e. The monoisotopic (exact) mass is 294 g/mol. The van der Waals surface area contributed by atoms with Gasteiger partial charge in [0, 0.05) is 17.8 Å². The lowest BCUT2D eigenvalue weighted by atomic mass is 10.0. The van der Waals surface area contributed by atoms with Crippen LogP contribution in [0.25, 0.3) is 0 Å². The number of nitro benzene ring substituents is 1. The van der Waals surface area contributed by atoms with Crippen LogP contribution in [0, 0.1) is 21.4 Å². The molecule has 1 aliphatic heterocycles. The highest BCUT2D eigenvalue weighted by molar-refractivity contribution is 6.02. The van der Waals surface area contributed by atoms with Crippen molar-refractivity contribution in [3.63, 3.8) is 0 Å². The topological polar surface area (TPSA) is 108 Å². The molecule has 1 heterocycles. The first-order chi connectivity index (χ1) is 10.6. The number of nitriles is 1. The molecule has 0 radical (unpaired) electrons. The van der Waals surface area contributed by atoms with E-state index in [2.05, 4.69) is 10.6 Å². The summed E-state index contributed by atoms with van der Waals surface area (Å²) >= 11 is 0. The number of non-ortho nitro benzene ring substituents is 1. The molecule has 7 heteroatoms. The van der Waals surface area contributed by atoms with E-state index in [1.807, 2.05) is 6.07 Å². The maximum absolute atomic E-state index is 12.1. The van der Waals surface area contributed by atoms with Gasteiger partial charge in [0.1, 0.15) is 6.17 Å². The number of nitrogens with zero attached hydrogens (tertiary/aromatic N) is 2. The van der Waals surface area contributed by atoms with E-state index in [1.54, 1.807) is 24.3 Å². The summed E-state index contributed by atoms with van der Waals surface area (Å²) in [6, 6.07) is 12.9. The largest absolute Gasteiger partial charge is 0.361 e. The molecule has 1 unspecified atom stereocenters. The smallest absolute Gasteiger partial charge is 0.270 e. The lowest BCUT2D eigenvalue weighted by molar-refractivity contribution is -0.384. The summed E-state index contributed by atoms with van der Waals surface area (Å²) < 4.78 is 0. The molecule has 2 aromatic carbocycles. The lowest BCUT2D eigenvalue weighted by Crippen LogP contribution is -2.38. The van der Waals surface area contributed by atoms with Gasteiger partial charge in [-0.25, -0.2) is 0 Å². The van der Waals surface area contributed by atoms with Gasteiger partial charge in [-0.1, -0.05) is 12.1 Å². The molecular formula is C15H10N4O3. The minimum atomic E-state index is -0.541. The summed E-state index contributed by atoms with van der Waals surface area (Å²) in [6.07, 6.45) is -0.450. The van der Waals surface area contributed by atoms with Gasteiger partial charge in [0.05, 0.1) is 22.1 Å². The third-order valence-corrected chi connectivity index (χ3v) is 3.41. The summed E-state index contributed by atoms with van der Waals surface area (Å²) in [4.78, 5) is 22.4. The molecular weight excluding hydrogens is 284 g/mol. The number of hydrogen-bond donors (Lipinski definition) is 2. The number of carbonyl (C=O) groups is 1. The highest BCUT2D eigenvalue weighted by Gasteiger charge is 2.26. The van der Waals surface area contributed by atoms with Crippen LogP contribution in [-0.4, -0.2) is 10.8 Å². The highest BCUT2D eigenvalue weighted by Crippen LogP contribution is 2.29. The number of hydrogen-bond acceptors (Lipinski definition) is 5. The van der Waals surface area contributed by atoms with Crippen LogP contribution < -0.4 is 10.6 Å². The van der Waals surface area contributed by atoms with Crippen molar-refractivity contribution in [3.8, 4) is 6.07 Å². The molecule has 3 rings (SSSR count). The SMILES string of the molecule is N#Cc1ccc(C2NC(=O)c3cc([N+](=O)[O-])ccc3N2)cc1. The second-order valence-corrected chi connectivity index (χ2v) is 4.77. The molecule has 0 bridgehead atoms.